The van der Waals surface area contributed by atoms with Crippen LogP contribution in [0.3, 0.4) is 0 Å². The van der Waals surface area contributed by atoms with E-state index in [1.807, 2.05) is 6.08 Å². The molecule has 0 aromatic rings. The molecule has 14 heavy (non-hydrogen) atoms. The minimum atomic E-state index is -0.186. The van der Waals surface area contributed by atoms with Crippen molar-refractivity contribution >= 4 is 0 Å². The van der Waals surface area contributed by atoms with Crippen LogP contribution < -0.4 is 0 Å². The van der Waals surface area contributed by atoms with Crippen molar-refractivity contribution in [3.8, 4) is 0 Å². The fourth-order valence-electron chi connectivity index (χ4n) is 3.19. The molecule has 2 heteroatoms. The van der Waals surface area contributed by atoms with Crippen LogP contribution in [0.5, 0.6) is 0 Å². The topological polar surface area (TPSA) is 29.5 Å². The SMILES string of the molecule is C=CC[C@@]12CCC[C@@](C)(C[C@H](O)C1)O2. The number of hydrogen-bond acceptors (Lipinski definition) is 2. The molecule has 0 spiro atoms. The van der Waals surface area contributed by atoms with E-state index in [0.717, 1.165) is 32.1 Å². The van der Waals surface area contributed by atoms with Crippen molar-refractivity contribution in [2.75, 3.05) is 0 Å². The van der Waals surface area contributed by atoms with Gasteiger partial charge in [-0.05, 0) is 32.6 Å². The van der Waals surface area contributed by atoms with E-state index in [1.165, 1.54) is 6.42 Å². The molecule has 2 heterocycles. The number of hydrogen-bond donors (Lipinski definition) is 1. The van der Waals surface area contributed by atoms with Gasteiger partial charge in [0, 0.05) is 12.8 Å². The van der Waals surface area contributed by atoms with Gasteiger partial charge in [0.15, 0.2) is 0 Å². The molecule has 0 saturated carbocycles. The lowest BCUT2D eigenvalue weighted by atomic mass is 9.73. The van der Waals surface area contributed by atoms with Gasteiger partial charge in [-0.3, -0.25) is 0 Å². The second kappa shape index (κ2) is 3.35. The van der Waals surface area contributed by atoms with Crippen LogP contribution in [-0.4, -0.2) is 22.4 Å². The predicted octanol–water partition coefficient (Wildman–Crippen LogP) is 2.42. The Bertz CT molecular complexity index is 238. The van der Waals surface area contributed by atoms with Gasteiger partial charge in [0.2, 0.25) is 0 Å². The zero-order chi connectivity index (χ0) is 10.2. The van der Waals surface area contributed by atoms with E-state index in [2.05, 4.69) is 13.5 Å². The van der Waals surface area contributed by atoms with Crippen LogP contribution in [0.25, 0.3) is 0 Å². The molecule has 0 aromatic carbocycles. The lowest BCUT2D eigenvalue weighted by Crippen LogP contribution is -2.54. The van der Waals surface area contributed by atoms with Crippen LogP contribution in [-0.2, 0) is 4.74 Å². The molecule has 1 N–H and O–H groups in total. The van der Waals surface area contributed by atoms with Crippen LogP contribution in [0.1, 0.15) is 45.4 Å². The first-order chi connectivity index (χ1) is 6.58. The van der Waals surface area contributed by atoms with Crippen LogP contribution in [0, 0.1) is 0 Å². The number of fused-ring (bicyclic) bond motifs is 2. The Morgan fingerprint density at radius 3 is 3.00 bits per heavy atom. The molecule has 2 saturated heterocycles. The smallest absolute Gasteiger partial charge is 0.0748 e. The summed E-state index contributed by atoms with van der Waals surface area (Å²) < 4.78 is 6.18. The van der Waals surface area contributed by atoms with Gasteiger partial charge < -0.3 is 9.84 Å². The Labute approximate surface area is 86.0 Å². The van der Waals surface area contributed by atoms with E-state index < -0.39 is 0 Å². The van der Waals surface area contributed by atoms with Crippen LogP contribution in [0.15, 0.2) is 12.7 Å². The van der Waals surface area contributed by atoms with E-state index in [1.54, 1.807) is 0 Å². The molecule has 0 aliphatic carbocycles. The molecule has 2 fully saturated rings. The summed E-state index contributed by atoms with van der Waals surface area (Å²) in [5.74, 6) is 0. The average molecular weight is 196 g/mol. The highest BCUT2D eigenvalue weighted by Crippen LogP contribution is 2.47. The molecule has 0 unspecified atom stereocenters. The Balaban J connectivity index is 2.19. The van der Waals surface area contributed by atoms with Crippen LogP contribution in [0.2, 0.25) is 0 Å². The zero-order valence-electron chi connectivity index (χ0n) is 8.96. The highest BCUT2D eigenvalue weighted by atomic mass is 16.5. The fraction of sp³-hybridized carbons (Fsp3) is 0.833. The Morgan fingerprint density at radius 2 is 2.29 bits per heavy atom. The first-order valence-corrected chi connectivity index (χ1v) is 5.57. The van der Waals surface area contributed by atoms with E-state index in [-0.39, 0.29) is 17.3 Å². The lowest BCUT2D eigenvalue weighted by molar-refractivity contribution is -0.235. The normalized spacial score (nSPS) is 47.4. The van der Waals surface area contributed by atoms with Crippen molar-refractivity contribution in [2.24, 2.45) is 0 Å². The van der Waals surface area contributed by atoms with Gasteiger partial charge in [-0.15, -0.1) is 6.58 Å². The fourth-order valence-corrected chi connectivity index (χ4v) is 3.19. The first-order valence-electron chi connectivity index (χ1n) is 5.57. The minimum Gasteiger partial charge on any atom is -0.393 e. The third-order valence-electron chi connectivity index (χ3n) is 3.59. The van der Waals surface area contributed by atoms with Gasteiger partial charge in [0.05, 0.1) is 17.3 Å². The van der Waals surface area contributed by atoms with E-state index in [4.69, 9.17) is 4.74 Å². The molecule has 2 aliphatic rings. The van der Waals surface area contributed by atoms with Gasteiger partial charge >= 0.3 is 0 Å². The van der Waals surface area contributed by atoms with Crippen molar-refractivity contribution in [1.82, 2.24) is 0 Å². The Morgan fingerprint density at radius 1 is 1.50 bits per heavy atom. The van der Waals surface area contributed by atoms with Gasteiger partial charge in [0.25, 0.3) is 0 Å². The molecule has 2 nitrogen and oxygen atoms in total. The molecule has 80 valence electrons. The third kappa shape index (κ3) is 1.73. The summed E-state index contributed by atoms with van der Waals surface area (Å²) in [4.78, 5) is 0. The molecule has 2 rings (SSSR count). The zero-order valence-corrected chi connectivity index (χ0v) is 8.96. The van der Waals surface area contributed by atoms with E-state index >= 15 is 0 Å². The average Bonchev–Trinajstić information content (AvgIpc) is 2.00. The maximum Gasteiger partial charge on any atom is 0.0748 e. The first kappa shape index (κ1) is 10.2. The van der Waals surface area contributed by atoms with E-state index in [9.17, 15) is 5.11 Å². The number of aliphatic hydroxyl groups is 1. The molecule has 0 radical (unpaired) electrons. The highest BCUT2D eigenvalue weighted by molar-refractivity contribution is 5.01. The lowest BCUT2D eigenvalue weighted by Gasteiger charge is -2.52. The van der Waals surface area contributed by atoms with Gasteiger partial charge in [-0.2, -0.15) is 0 Å². The van der Waals surface area contributed by atoms with Gasteiger partial charge in [-0.1, -0.05) is 6.08 Å². The van der Waals surface area contributed by atoms with Gasteiger partial charge in [-0.25, -0.2) is 0 Å². The van der Waals surface area contributed by atoms with E-state index in [0.29, 0.717) is 0 Å². The standard InChI is InChI=1S/C12H20O2/c1-3-5-12-7-4-6-11(2,14-12)8-10(13)9-12/h3,10,13H,1,4-9H2,2H3/t10-,11-,12+/m0/s1. The Kier molecular flexibility index (Phi) is 2.44. The molecular formula is C12H20O2. The van der Waals surface area contributed by atoms with Crippen LogP contribution in [0.4, 0.5) is 0 Å². The Hall–Kier alpha value is -0.340. The summed E-state index contributed by atoms with van der Waals surface area (Å²) in [6.45, 7) is 5.91. The summed E-state index contributed by atoms with van der Waals surface area (Å²) in [6.07, 6.45) is 7.57. The molecule has 3 atom stereocenters. The number of rotatable bonds is 2. The molecule has 2 bridgehead atoms. The van der Waals surface area contributed by atoms with Crippen molar-refractivity contribution in [2.45, 2.75) is 62.8 Å². The van der Waals surface area contributed by atoms with Crippen molar-refractivity contribution < 1.29 is 9.84 Å². The van der Waals surface area contributed by atoms with Gasteiger partial charge in [0.1, 0.15) is 0 Å². The summed E-state index contributed by atoms with van der Waals surface area (Å²) in [5.41, 5.74) is -0.189. The summed E-state index contributed by atoms with van der Waals surface area (Å²) in [7, 11) is 0. The predicted molar refractivity (Wildman–Crippen MR) is 56.1 cm³/mol. The molecule has 0 amide bonds. The summed E-state index contributed by atoms with van der Waals surface area (Å²) >= 11 is 0. The quantitative estimate of drug-likeness (QED) is 0.687. The minimum absolute atomic E-state index is 0.0844. The molecule has 2 aliphatic heterocycles. The summed E-state index contributed by atoms with van der Waals surface area (Å²) in [5, 5.41) is 9.86. The van der Waals surface area contributed by atoms with Crippen molar-refractivity contribution in [3.63, 3.8) is 0 Å². The number of aliphatic hydroxyl groups excluding tert-OH is 1. The maximum atomic E-state index is 9.86. The number of ether oxygens (including phenoxy) is 1. The third-order valence-corrected chi connectivity index (χ3v) is 3.59. The second-order valence-electron chi connectivity index (χ2n) is 5.14. The molecule has 0 aromatic heterocycles. The second-order valence-corrected chi connectivity index (χ2v) is 5.14. The van der Waals surface area contributed by atoms with Crippen molar-refractivity contribution in [1.29, 1.82) is 0 Å². The summed E-state index contributed by atoms with van der Waals surface area (Å²) in [6, 6.07) is 0. The van der Waals surface area contributed by atoms with Crippen LogP contribution >= 0.6 is 0 Å². The largest absolute Gasteiger partial charge is 0.393 e. The monoisotopic (exact) mass is 196 g/mol. The highest BCUT2D eigenvalue weighted by Gasteiger charge is 2.48. The molecular weight excluding hydrogens is 176 g/mol. The van der Waals surface area contributed by atoms with Crippen molar-refractivity contribution in [3.05, 3.63) is 12.7 Å². The maximum absolute atomic E-state index is 9.86.